The lowest BCUT2D eigenvalue weighted by atomic mass is 10.1. The highest BCUT2D eigenvalue weighted by atomic mass is 16.5. The molecule has 1 atom stereocenters. The highest BCUT2D eigenvalue weighted by Crippen LogP contribution is 2.19. The van der Waals surface area contributed by atoms with Crippen molar-refractivity contribution in [3.05, 3.63) is 36.0 Å². The van der Waals surface area contributed by atoms with Crippen molar-refractivity contribution < 1.29 is 9.53 Å². The van der Waals surface area contributed by atoms with Gasteiger partial charge < -0.3 is 14.6 Å². The van der Waals surface area contributed by atoms with E-state index in [9.17, 15) is 4.79 Å². The molecule has 2 aromatic rings. The van der Waals surface area contributed by atoms with Crippen molar-refractivity contribution in [2.24, 2.45) is 0 Å². The Balaban J connectivity index is 1.34. The average Bonchev–Trinajstić information content (AvgIpc) is 3.21. The zero-order valence-electron chi connectivity index (χ0n) is 14.7. The van der Waals surface area contributed by atoms with Crippen molar-refractivity contribution in [1.82, 2.24) is 14.8 Å². The van der Waals surface area contributed by atoms with Gasteiger partial charge in [0.15, 0.2) is 0 Å². The highest BCUT2D eigenvalue weighted by molar-refractivity contribution is 5.88. The highest BCUT2D eigenvalue weighted by Gasteiger charge is 2.23. The van der Waals surface area contributed by atoms with E-state index in [4.69, 9.17) is 4.74 Å². The molecule has 0 saturated carbocycles. The van der Waals surface area contributed by atoms with E-state index < -0.39 is 0 Å². The summed E-state index contributed by atoms with van der Waals surface area (Å²) in [6, 6.07) is 8.18. The molecule has 0 unspecified atom stereocenters. The number of hydrogen-bond acceptors (Lipinski definition) is 3. The van der Waals surface area contributed by atoms with Crippen molar-refractivity contribution in [1.29, 1.82) is 0 Å². The lowest BCUT2D eigenvalue weighted by molar-refractivity contribution is -0.130. The molecule has 1 aromatic carbocycles. The van der Waals surface area contributed by atoms with Gasteiger partial charge in [-0.3, -0.25) is 9.69 Å². The van der Waals surface area contributed by atoms with Gasteiger partial charge in [-0.25, -0.2) is 0 Å². The molecular weight excluding hydrogens is 314 g/mol. The Labute approximate surface area is 148 Å². The number of benzene rings is 1. The number of nitrogens with one attached hydrogen (secondary N) is 1. The van der Waals surface area contributed by atoms with E-state index in [1.165, 1.54) is 12.8 Å². The van der Waals surface area contributed by atoms with Crippen LogP contribution in [0.4, 0.5) is 0 Å². The predicted molar refractivity (Wildman–Crippen MR) is 98.6 cm³/mol. The number of H-pyrrole nitrogens is 1. The lowest BCUT2D eigenvalue weighted by Gasteiger charge is -2.24. The van der Waals surface area contributed by atoms with Crippen LogP contribution in [0.15, 0.2) is 30.5 Å². The number of aromatic nitrogens is 1. The molecule has 2 aliphatic rings. The molecule has 1 aromatic heterocycles. The number of hydrogen-bond donors (Lipinski definition) is 1. The summed E-state index contributed by atoms with van der Waals surface area (Å²) < 4.78 is 5.76. The second-order valence-corrected chi connectivity index (χ2v) is 7.21. The van der Waals surface area contributed by atoms with Gasteiger partial charge in [0, 0.05) is 49.9 Å². The van der Waals surface area contributed by atoms with Gasteiger partial charge in [-0.15, -0.1) is 0 Å². The van der Waals surface area contributed by atoms with E-state index in [0.29, 0.717) is 12.5 Å². The minimum Gasteiger partial charge on any atom is -0.377 e. The van der Waals surface area contributed by atoms with Crippen LogP contribution in [0.5, 0.6) is 0 Å². The molecule has 2 saturated heterocycles. The molecule has 1 amide bonds. The van der Waals surface area contributed by atoms with Crippen molar-refractivity contribution in [2.75, 3.05) is 39.3 Å². The minimum absolute atomic E-state index is 0.240. The first-order chi connectivity index (χ1) is 12.3. The molecule has 2 aliphatic heterocycles. The molecule has 4 rings (SSSR count). The Morgan fingerprint density at radius 3 is 2.96 bits per heavy atom. The van der Waals surface area contributed by atoms with Crippen LogP contribution in [-0.2, 0) is 16.0 Å². The summed E-state index contributed by atoms with van der Waals surface area (Å²) in [6.07, 6.45) is 6.27. The third-order valence-electron chi connectivity index (χ3n) is 5.44. The number of carbonyl (C=O) groups is 1. The molecule has 0 spiro atoms. The minimum atomic E-state index is 0.240. The number of aromatic amines is 1. The van der Waals surface area contributed by atoms with Crippen LogP contribution in [-0.4, -0.2) is 66.1 Å². The zero-order valence-corrected chi connectivity index (χ0v) is 14.7. The molecule has 0 radical (unpaired) electrons. The third kappa shape index (κ3) is 3.88. The molecule has 25 heavy (non-hydrogen) atoms. The fraction of sp³-hybridized carbons (Fsp3) is 0.550. The molecule has 0 aliphatic carbocycles. The van der Waals surface area contributed by atoms with E-state index >= 15 is 0 Å². The molecule has 5 nitrogen and oxygen atoms in total. The van der Waals surface area contributed by atoms with Crippen molar-refractivity contribution in [3.63, 3.8) is 0 Å². The van der Waals surface area contributed by atoms with Crippen LogP contribution in [0.25, 0.3) is 10.9 Å². The topological polar surface area (TPSA) is 48.6 Å². The average molecular weight is 341 g/mol. The fourth-order valence-electron chi connectivity index (χ4n) is 4.03. The van der Waals surface area contributed by atoms with E-state index in [0.717, 1.165) is 62.2 Å². The number of nitrogens with zero attached hydrogens (tertiary/aromatic N) is 2. The van der Waals surface area contributed by atoms with Gasteiger partial charge >= 0.3 is 0 Å². The van der Waals surface area contributed by atoms with Crippen LogP contribution in [0.2, 0.25) is 0 Å². The number of ether oxygens (including phenoxy) is 1. The van der Waals surface area contributed by atoms with E-state index in [2.05, 4.69) is 22.0 Å². The molecular formula is C20H27N3O2. The smallest absolute Gasteiger partial charge is 0.227 e. The van der Waals surface area contributed by atoms with Gasteiger partial charge in [-0.1, -0.05) is 18.2 Å². The molecule has 0 bridgehead atoms. The largest absolute Gasteiger partial charge is 0.377 e. The van der Waals surface area contributed by atoms with E-state index in [1.807, 2.05) is 23.2 Å². The fourth-order valence-corrected chi connectivity index (χ4v) is 4.03. The van der Waals surface area contributed by atoms with Gasteiger partial charge in [0.05, 0.1) is 12.5 Å². The summed E-state index contributed by atoms with van der Waals surface area (Å²) in [7, 11) is 0. The number of rotatable bonds is 4. The summed E-state index contributed by atoms with van der Waals surface area (Å²) >= 11 is 0. The standard InChI is InChI=1S/C20H27N3O2/c24-20(13-16-14-21-19-7-2-1-6-18(16)19)23-9-4-8-22(10-11-23)15-17-5-3-12-25-17/h1-2,6-7,14,17,21H,3-5,8-13,15H2/t17-/m1/s1. The monoisotopic (exact) mass is 341 g/mol. The molecule has 2 fully saturated rings. The molecule has 1 N–H and O–H groups in total. The number of carbonyl (C=O) groups excluding carboxylic acids is 1. The van der Waals surface area contributed by atoms with Crippen LogP contribution in [0.3, 0.4) is 0 Å². The third-order valence-corrected chi connectivity index (χ3v) is 5.44. The molecule has 5 heteroatoms. The van der Waals surface area contributed by atoms with Gasteiger partial charge in [0.1, 0.15) is 0 Å². The first kappa shape index (κ1) is 16.6. The van der Waals surface area contributed by atoms with Gasteiger partial charge in [-0.2, -0.15) is 0 Å². The SMILES string of the molecule is O=C(Cc1c[nH]c2ccccc12)N1CCCN(C[C@H]2CCCO2)CC1. The molecule has 134 valence electrons. The Morgan fingerprint density at radius 2 is 2.08 bits per heavy atom. The van der Waals surface area contributed by atoms with Gasteiger partial charge in [0.25, 0.3) is 0 Å². The Kier molecular flexibility index (Phi) is 5.04. The summed E-state index contributed by atoms with van der Waals surface area (Å²) in [5.41, 5.74) is 2.20. The number of amides is 1. The Hall–Kier alpha value is -1.85. The van der Waals surface area contributed by atoms with Crippen LogP contribution < -0.4 is 0 Å². The maximum absolute atomic E-state index is 12.8. The number of fused-ring (bicyclic) bond motifs is 1. The van der Waals surface area contributed by atoms with Crippen LogP contribution in [0.1, 0.15) is 24.8 Å². The Bertz CT molecular complexity index is 721. The zero-order chi connectivity index (χ0) is 17.1. The van der Waals surface area contributed by atoms with Crippen molar-refractivity contribution in [3.8, 4) is 0 Å². The van der Waals surface area contributed by atoms with E-state index in [-0.39, 0.29) is 5.91 Å². The summed E-state index contributed by atoms with van der Waals surface area (Å²) in [5, 5.41) is 1.16. The first-order valence-corrected chi connectivity index (χ1v) is 9.46. The summed E-state index contributed by atoms with van der Waals surface area (Å²) in [5.74, 6) is 0.240. The summed E-state index contributed by atoms with van der Waals surface area (Å²) in [6.45, 7) is 5.64. The first-order valence-electron chi connectivity index (χ1n) is 9.46. The second-order valence-electron chi connectivity index (χ2n) is 7.21. The molecule has 3 heterocycles. The quantitative estimate of drug-likeness (QED) is 0.929. The lowest BCUT2D eigenvalue weighted by Crippen LogP contribution is -2.38. The normalized spacial score (nSPS) is 22.4. The van der Waals surface area contributed by atoms with Gasteiger partial charge in [-0.05, 0) is 37.4 Å². The number of para-hydroxylation sites is 1. The van der Waals surface area contributed by atoms with Crippen molar-refractivity contribution in [2.45, 2.75) is 31.8 Å². The van der Waals surface area contributed by atoms with Gasteiger partial charge in [0.2, 0.25) is 5.91 Å². The van der Waals surface area contributed by atoms with Crippen molar-refractivity contribution >= 4 is 16.8 Å². The maximum Gasteiger partial charge on any atom is 0.227 e. The van der Waals surface area contributed by atoms with Crippen LogP contribution >= 0.6 is 0 Å². The Morgan fingerprint density at radius 1 is 1.16 bits per heavy atom. The predicted octanol–water partition coefficient (Wildman–Crippen LogP) is 2.42. The maximum atomic E-state index is 12.8. The second kappa shape index (κ2) is 7.58. The summed E-state index contributed by atoms with van der Waals surface area (Å²) in [4.78, 5) is 20.6. The van der Waals surface area contributed by atoms with E-state index in [1.54, 1.807) is 0 Å². The van der Waals surface area contributed by atoms with Crippen LogP contribution in [0, 0.1) is 0 Å².